The Labute approximate surface area is 165 Å². The van der Waals surface area contributed by atoms with Crippen LogP contribution in [0.5, 0.6) is 0 Å². The third-order valence-electron chi connectivity index (χ3n) is 4.88. The van der Waals surface area contributed by atoms with Gasteiger partial charge in [0.15, 0.2) is 0 Å². The average Bonchev–Trinajstić information content (AvgIpc) is 2.71. The van der Waals surface area contributed by atoms with E-state index in [4.69, 9.17) is 0 Å². The van der Waals surface area contributed by atoms with Crippen molar-refractivity contribution in [3.05, 3.63) is 28.3 Å². The Morgan fingerprint density at radius 1 is 1.43 bits per heavy atom. The van der Waals surface area contributed by atoms with Gasteiger partial charge in [-0.05, 0) is 43.7 Å². The van der Waals surface area contributed by atoms with E-state index in [-0.39, 0.29) is 0 Å². The second-order valence-electron chi connectivity index (χ2n) is 6.86. The van der Waals surface area contributed by atoms with Gasteiger partial charge in [-0.2, -0.15) is 0 Å². The van der Waals surface area contributed by atoms with E-state index in [2.05, 4.69) is 32.5 Å². The number of rotatable bonds is 12. The van der Waals surface area contributed by atoms with E-state index < -0.39 is 12.0 Å². The zero-order valence-corrected chi connectivity index (χ0v) is 16.6. The van der Waals surface area contributed by atoms with E-state index in [1.807, 2.05) is 0 Å². The number of hydrogen-bond donors (Lipinski definition) is 2. The molecule has 2 rings (SSSR count). The van der Waals surface area contributed by atoms with Crippen molar-refractivity contribution >= 4 is 18.2 Å². The Kier molecular flexibility index (Phi) is 8.64. The number of methoxy groups -OCH3 is 1. The monoisotopic (exact) mass is 392 g/mol. The van der Waals surface area contributed by atoms with Crippen molar-refractivity contribution in [2.24, 2.45) is 0 Å². The van der Waals surface area contributed by atoms with E-state index in [1.165, 1.54) is 19.7 Å². The van der Waals surface area contributed by atoms with Gasteiger partial charge in [-0.15, -0.1) is 5.01 Å². The normalized spacial score (nSPS) is 13.6. The predicted molar refractivity (Wildman–Crippen MR) is 105 cm³/mol. The summed E-state index contributed by atoms with van der Waals surface area (Å²) in [6, 6.07) is 3.47. The molecule has 28 heavy (non-hydrogen) atoms. The van der Waals surface area contributed by atoms with Gasteiger partial charge in [0, 0.05) is 18.7 Å². The van der Waals surface area contributed by atoms with Gasteiger partial charge in [0.2, 0.25) is 13.5 Å². The predicted octanol–water partition coefficient (Wildman–Crippen LogP) is 1.07. The number of aryl methyl sites for hydroxylation is 2. The quantitative estimate of drug-likeness (QED) is 0.180. The fourth-order valence-corrected chi connectivity index (χ4v) is 3.27. The lowest BCUT2D eigenvalue weighted by molar-refractivity contribution is -0.686. The minimum atomic E-state index is -0.753. The zero-order valence-electron chi connectivity index (χ0n) is 16.6. The standard InChI is InChI=1S/C19H29N5O4/c1-23(27)24(13-10-17(21-14-25)19(26)28-2)12-4-3-7-16-9-8-15-6-5-11-20-18(15)22-16/h8-9,14,17H,3-7,10-13H2,1-2H3,(H-,20,21,22,25)/p+1. The number of esters is 1. The van der Waals surface area contributed by atoms with Crippen molar-refractivity contribution in [2.45, 2.75) is 44.6 Å². The molecule has 0 radical (unpaired) electrons. The number of fused-ring (bicyclic) bond motifs is 1. The maximum atomic E-state index is 11.8. The smallest absolute Gasteiger partial charge is 0.328 e. The maximum absolute atomic E-state index is 11.8. The van der Waals surface area contributed by atoms with Crippen molar-refractivity contribution in [3.8, 4) is 0 Å². The van der Waals surface area contributed by atoms with Crippen molar-refractivity contribution in [1.82, 2.24) is 15.3 Å². The second kappa shape index (κ2) is 11.2. The van der Waals surface area contributed by atoms with Crippen molar-refractivity contribution in [2.75, 3.05) is 39.1 Å². The molecule has 2 heterocycles. The highest BCUT2D eigenvalue weighted by Crippen LogP contribution is 2.20. The Hall–Kier alpha value is -2.71. The number of nitroso groups, excluding NO2 is 1. The number of nitrogens with one attached hydrogen (secondary N) is 2. The minimum absolute atomic E-state index is 0.302. The number of aromatic nitrogens is 1. The number of nitrogens with zero attached hydrogens (tertiary/aromatic N) is 3. The molecule has 1 amide bonds. The molecule has 9 heteroatoms. The maximum Gasteiger partial charge on any atom is 0.328 e. The van der Waals surface area contributed by atoms with Crippen LogP contribution in [0.4, 0.5) is 5.82 Å². The van der Waals surface area contributed by atoms with Crippen LogP contribution in [0.3, 0.4) is 0 Å². The average molecular weight is 392 g/mol. The van der Waals surface area contributed by atoms with Gasteiger partial charge in [0.25, 0.3) is 0 Å². The molecule has 1 aliphatic rings. The van der Waals surface area contributed by atoms with E-state index >= 15 is 0 Å². The molecular weight excluding hydrogens is 362 g/mol. The first kappa shape index (κ1) is 21.6. The van der Waals surface area contributed by atoms with E-state index in [0.717, 1.165) is 55.0 Å². The van der Waals surface area contributed by atoms with Crippen molar-refractivity contribution in [3.63, 3.8) is 0 Å². The van der Waals surface area contributed by atoms with E-state index in [0.29, 0.717) is 25.9 Å². The van der Waals surface area contributed by atoms with Crippen LogP contribution in [0.15, 0.2) is 12.1 Å². The lowest BCUT2D eigenvalue weighted by Crippen LogP contribution is -2.41. The Morgan fingerprint density at radius 3 is 2.96 bits per heavy atom. The molecule has 1 aromatic rings. The molecular formula is C19H30N5O4+. The first-order valence-electron chi connectivity index (χ1n) is 9.71. The lowest BCUT2D eigenvalue weighted by atomic mass is 10.1. The summed E-state index contributed by atoms with van der Waals surface area (Å²) in [7, 11) is 2.70. The molecule has 2 N–H and O–H groups in total. The Balaban J connectivity index is 1.77. The first-order chi connectivity index (χ1) is 13.5. The molecule has 1 atom stereocenters. The molecule has 0 saturated carbocycles. The van der Waals surface area contributed by atoms with Gasteiger partial charge in [0.1, 0.15) is 16.7 Å². The van der Waals surface area contributed by atoms with Crippen LogP contribution in [0.2, 0.25) is 0 Å². The number of carbonyl (C=O) groups excluding carboxylic acids is 2. The summed E-state index contributed by atoms with van der Waals surface area (Å²) in [5.74, 6) is 0.480. The number of hydrogen-bond acceptors (Lipinski definition) is 6. The number of ether oxygens (including phenoxy) is 1. The van der Waals surface area contributed by atoms with E-state index in [1.54, 1.807) is 5.01 Å². The number of amides is 1. The largest absolute Gasteiger partial charge is 0.467 e. The van der Waals surface area contributed by atoms with Crippen LogP contribution in [-0.4, -0.2) is 67.1 Å². The highest BCUT2D eigenvalue weighted by atomic mass is 16.5. The van der Waals surface area contributed by atoms with E-state index in [9.17, 15) is 14.5 Å². The third kappa shape index (κ3) is 6.47. The summed E-state index contributed by atoms with van der Waals surface area (Å²) in [4.78, 5) is 39.5. The molecule has 9 nitrogen and oxygen atoms in total. The van der Waals surface area contributed by atoms with Crippen molar-refractivity contribution in [1.29, 1.82) is 0 Å². The topological polar surface area (TPSA) is 104 Å². The molecule has 0 saturated heterocycles. The molecule has 1 aromatic heterocycles. The Bertz CT molecular complexity index is 682. The SMILES string of the molecule is COC(=O)C(CCN(CCCCc1ccc2c(n1)NCCC2)[N+](C)=O)NC=O. The van der Waals surface area contributed by atoms with Crippen LogP contribution in [0.1, 0.15) is 36.9 Å². The van der Waals surface area contributed by atoms with Crippen LogP contribution in [0, 0.1) is 4.91 Å². The molecule has 0 aromatic carbocycles. The molecule has 154 valence electrons. The second-order valence-corrected chi connectivity index (χ2v) is 6.86. The molecule has 0 fully saturated rings. The van der Waals surface area contributed by atoms with Gasteiger partial charge in [-0.1, -0.05) is 6.07 Å². The molecule has 0 spiro atoms. The lowest BCUT2D eigenvalue weighted by Gasteiger charge is -2.18. The molecule has 0 bridgehead atoms. The number of pyridine rings is 1. The van der Waals surface area contributed by atoms with Crippen LogP contribution in [0.25, 0.3) is 0 Å². The van der Waals surface area contributed by atoms with Gasteiger partial charge >= 0.3 is 5.97 Å². The molecule has 1 unspecified atom stereocenters. The molecule has 0 aliphatic carbocycles. The fraction of sp³-hybridized carbons (Fsp3) is 0.632. The van der Waals surface area contributed by atoms with Gasteiger partial charge in [0.05, 0.1) is 25.1 Å². The van der Waals surface area contributed by atoms with Crippen LogP contribution < -0.4 is 10.6 Å². The summed E-state index contributed by atoms with van der Waals surface area (Å²) in [6.45, 7) is 1.89. The summed E-state index contributed by atoms with van der Waals surface area (Å²) < 4.78 is 4.66. The fourth-order valence-electron chi connectivity index (χ4n) is 3.27. The molecule has 1 aliphatic heterocycles. The van der Waals surface area contributed by atoms with Crippen molar-refractivity contribution < 1.29 is 19.2 Å². The number of unbranched alkanes of at least 4 members (excludes halogenated alkanes) is 1. The first-order valence-corrected chi connectivity index (χ1v) is 9.71. The minimum Gasteiger partial charge on any atom is -0.467 e. The summed E-state index contributed by atoms with van der Waals surface area (Å²) in [5.41, 5.74) is 2.33. The highest BCUT2D eigenvalue weighted by molar-refractivity contribution is 5.78. The van der Waals surface area contributed by atoms with Gasteiger partial charge < -0.3 is 15.4 Å². The number of hydrazine groups is 1. The number of carbonyl (C=O) groups is 2. The Morgan fingerprint density at radius 2 is 2.25 bits per heavy atom. The van der Waals surface area contributed by atoms with Gasteiger partial charge in [-0.3, -0.25) is 4.79 Å². The summed E-state index contributed by atoms with van der Waals surface area (Å²) in [6.07, 6.45) is 5.57. The van der Waals surface area contributed by atoms with Crippen LogP contribution in [-0.2, 0) is 27.2 Å². The van der Waals surface area contributed by atoms with Gasteiger partial charge in [-0.25, -0.2) is 9.78 Å². The third-order valence-corrected chi connectivity index (χ3v) is 4.88. The van der Waals surface area contributed by atoms with Crippen LogP contribution >= 0.6 is 0 Å². The number of anilines is 1. The summed E-state index contributed by atoms with van der Waals surface area (Å²) >= 11 is 0. The summed E-state index contributed by atoms with van der Waals surface area (Å²) in [5, 5.41) is 7.38. The zero-order chi connectivity index (χ0) is 20.4. The highest BCUT2D eigenvalue weighted by Gasteiger charge is 2.22.